The first kappa shape index (κ1) is 23.4. The molecule has 174 valence electrons. The van der Waals surface area contributed by atoms with Gasteiger partial charge in [0, 0.05) is 11.1 Å². The number of amides is 1. The highest BCUT2D eigenvalue weighted by molar-refractivity contribution is 5.94. The Morgan fingerprint density at radius 2 is 1.34 bits per heavy atom. The Bertz CT molecular complexity index is 1300. The molecule has 0 aliphatic heterocycles. The van der Waals surface area contributed by atoms with Gasteiger partial charge >= 0.3 is 5.97 Å². The number of aliphatic carboxylic acids is 1. The van der Waals surface area contributed by atoms with Gasteiger partial charge in [-0.3, -0.25) is 14.4 Å². The molecule has 4 aromatic carbocycles. The zero-order valence-electron chi connectivity index (χ0n) is 18.8. The van der Waals surface area contributed by atoms with E-state index in [9.17, 15) is 19.5 Å². The van der Waals surface area contributed by atoms with Crippen molar-refractivity contribution in [2.24, 2.45) is 0 Å². The van der Waals surface area contributed by atoms with Crippen LogP contribution in [-0.4, -0.2) is 23.3 Å². The standard InChI is InChI=1S/C29H23NO5/c31-19-20-6-14-25(15-7-20)35-26-16-12-24(13-17-26)29(34)30-27(18-28(32)33)23-10-8-22(9-11-23)21-4-2-1-3-5-21/h1-17,19,27H,18H2,(H,30,34)(H,32,33). The summed E-state index contributed by atoms with van der Waals surface area (Å²) >= 11 is 0. The molecular formula is C29H23NO5. The van der Waals surface area contributed by atoms with Gasteiger partial charge in [-0.2, -0.15) is 0 Å². The zero-order valence-corrected chi connectivity index (χ0v) is 18.8. The van der Waals surface area contributed by atoms with E-state index in [2.05, 4.69) is 5.32 Å². The molecule has 6 heteroatoms. The second kappa shape index (κ2) is 10.9. The Morgan fingerprint density at radius 1 is 0.771 bits per heavy atom. The maximum atomic E-state index is 12.9. The lowest BCUT2D eigenvalue weighted by atomic mass is 9.99. The number of nitrogens with one attached hydrogen (secondary N) is 1. The third kappa shape index (κ3) is 6.21. The number of rotatable bonds is 9. The van der Waals surface area contributed by atoms with Crippen LogP contribution in [0.5, 0.6) is 11.5 Å². The van der Waals surface area contributed by atoms with Crippen LogP contribution in [0.3, 0.4) is 0 Å². The monoisotopic (exact) mass is 465 g/mol. The minimum atomic E-state index is -1.01. The fraction of sp³-hybridized carbons (Fsp3) is 0.0690. The average molecular weight is 466 g/mol. The Kier molecular flexibility index (Phi) is 7.33. The van der Waals surface area contributed by atoms with Crippen molar-refractivity contribution in [3.05, 3.63) is 120 Å². The van der Waals surface area contributed by atoms with Gasteiger partial charge in [-0.25, -0.2) is 0 Å². The topological polar surface area (TPSA) is 92.7 Å². The zero-order chi connectivity index (χ0) is 24.6. The number of carboxylic acids is 1. The van der Waals surface area contributed by atoms with E-state index in [1.54, 1.807) is 48.5 Å². The molecule has 0 spiro atoms. The predicted molar refractivity (Wildman–Crippen MR) is 133 cm³/mol. The lowest BCUT2D eigenvalue weighted by Crippen LogP contribution is -2.30. The van der Waals surface area contributed by atoms with Crippen LogP contribution in [0.1, 0.15) is 38.7 Å². The van der Waals surface area contributed by atoms with E-state index < -0.39 is 12.0 Å². The molecule has 1 unspecified atom stereocenters. The molecule has 0 aromatic heterocycles. The molecular weight excluding hydrogens is 442 g/mol. The molecule has 0 aliphatic carbocycles. The van der Waals surface area contributed by atoms with E-state index in [-0.39, 0.29) is 12.3 Å². The van der Waals surface area contributed by atoms with E-state index in [0.29, 0.717) is 28.2 Å². The van der Waals surface area contributed by atoms with Crippen molar-refractivity contribution in [1.29, 1.82) is 0 Å². The molecule has 4 aromatic rings. The molecule has 0 fully saturated rings. The summed E-state index contributed by atoms with van der Waals surface area (Å²) in [6.07, 6.45) is 0.515. The Hall–Kier alpha value is -4.71. The van der Waals surface area contributed by atoms with Crippen LogP contribution < -0.4 is 10.1 Å². The molecule has 1 amide bonds. The van der Waals surface area contributed by atoms with E-state index >= 15 is 0 Å². The van der Waals surface area contributed by atoms with Crippen molar-refractivity contribution < 1.29 is 24.2 Å². The van der Waals surface area contributed by atoms with Gasteiger partial charge in [0.05, 0.1) is 12.5 Å². The highest BCUT2D eigenvalue weighted by Crippen LogP contribution is 2.25. The summed E-state index contributed by atoms with van der Waals surface area (Å²) in [5, 5.41) is 12.2. The van der Waals surface area contributed by atoms with Gasteiger partial charge in [-0.15, -0.1) is 0 Å². The predicted octanol–water partition coefficient (Wildman–Crippen LogP) is 5.90. The molecule has 4 rings (SSSR count). The van der Waals surface area contributed by atoms with Gasteiger partial charge in [0.1, 0.15) is 17.8 Å². The number of hydrogen-bond donors (Lipinski definition) is 2. The normalized spacial score (nSPS) is 11.3. The SMILES string of the molecule is O=Cc1ccc(Oc2ccc(C(=O)NC(CC(=O)O)c3ccc(-c4ccccc4)cc3)cc2)cc1. The van der Waals surface area contributed by atoms with Crippen molar-refractivity contribution in [3.63, 3.8) is 0 Å². The third-order valence-corrected chi connectivity index (χ3v) is 5.47. The van der Waals surface area contributed by atoms with Crippen molar-refractivity contribution in [2.75, 3.05) is 0 Å². The first-order valence-electron chi connectivity index (χ1n) is 11.0. The summed E-state index contributed by atoms with van der Waals surface area (Å²) in [6, 6.07) is 29.9. The molecule has 0 radical (unpaired) electrons. The molecule has 6 nitrogen and oxygen atoms in total. The van der Waals surface area contributed by atoms with Gasteiger partial charge in [-0.05, 0) is 65.2 Å². The van der Waals surface area contributed by atoms with Gasteiger partial charge < -0.3 is 15.2 Å². The molecule has 0 saturated heterocycles. The van der Waals surface area contributed by atoms with Crippen molar-refractivity contribution >= 4 is 18.2 Å². The highest BCUT2D eigenvalue weighted by Gasteiger charge is 2.19. The lowest BCUT2D eigenvalue weighted by molar-refractivity contribution is -0.137. The average Bonchev–Trinajstić information content (AvgIpc) is 2.89. The van der Waals surface area contributed by atoms with E-state index in [0.717, 1.165) is 17.4 Å². The summed E-state index contributed by atoms with van der Waals surface area (Å²) in [5.41, 5.74) is 3.70. The van der Waals surface area contributed by atoms with Gasteiger partial charge in [0.15, 0.2) is 0 Å². The second-order valence-electron chi connectivity index (χ2n) is 7.93. The van der Waals surface area contributed by atoms with Gasteiger partial charge in [-0.1, -0.05) is 54.6 Å². The number of benzene rings is 4. The third-order valence-electron chi connectivity index (χ3n) is 5.47. The maximum Gasteiger partial charge on any atom is 0.305 e. The molecule has 1 atom stereocenters. The molecule has 0 bridgehead atoms. The smallest absolute Gasteiger partial charge is 0.305 e. The fourth-order valence-corrected chi connectivity index (χ4v) is 3.63. The summed E-state index contributed by atoms with van der Waals surface area (Å²) < 4.78 is 5.74. The number of hydrogen-bond acceptors (Lipinski definition) is 4. The van der Waals surface area contributed by atoms with Crippen LogP contribution in [0, 0.1) is 0 Å². The number of carbonyl (C=O) groups excluding carboxylic acids is 2. The van der Waals surface area contributed by atoms with E-state index in [1.807, 2.05) is 54.6 Å². The lowest BCUT2D eigenvalue weighted by Gasteiger charge is -2.18. The summed E-state index contributed by atoms with van der Waals surface area (Å²) in [7, 11) is 0. The quantitative estimate of drug-likeness (QED) is 0.300. The van der Waals surface area contributed by atoms with Crippen LogP contribution >= 0.6 is 0 Å². The fourth-order valence-electron chi connectivity index (χ4n) is 3.63. The summed E-state index contributed by atoms with van der Waals surface area (Å²) in [4.78, 5) is 35.1. The number of carboxylic acid groups (broad SMARTS) is 1. The van der Waals surface area contributed by atoms with Crippen molar-refractivity contribution in [2.45, 2.75) is 12.5 Å². The summed E-state index contributed by atoms with van der Waals surface area (Å²) in [6.45, 7) is 0. The van der Waals surface area contributed by atoms with E-state index in [4.69, 9.17) is 4.74 Å². The van der Waals surface area contributed by atoms with Crippen LogP contribution in [0.2, 0.25) is 0 Å². The van der Waals surface area contributed by atoms with Crippen LogP contribution in [0.25, 0.3) is 11.1 Å². The van der Waals surface area contributed by atoms with Crippen molar-refractivity contribution in [3.8, 4) is 22.6 Å². The molecule has 2 N–H and O–H groups in total. The highest BCUT2D eigenvalue weighted by atomic mass is 16.5. The number of carbonyl (C=O) groups is 3. The van der Waals surface area contributed by atoms with Crippen LogP contribution in [0.15, 0.2) is 103 Å². The number of aldehydes is 1. The largest absolute Gasteiger partial charge is 0.481 e. The van der Waals surface area contributed by atoms with Crippen LogP contribution in [0.4, 0.5) is 0 Å². The molecule has 35 heavy (non-hydrogen) atoms. The second-order valence-corrected chi connectivity index (χ2v) is 7.93. The Balaban J connectivity index is 1.45. The Morgan fingerprint density at radius 3 is 1.91 bits per heavy atom. The molecule has 0 saturated carbocycles. The van der Waals surface area contributed by atoms with Gasteiger partial charge in [0.25, 0.3) is 5.91 Å². The molecule has 0 heterocycles. The van der Waals surface area contributed by atoms with Crippen LogP contribution in [-0.2, 0) is 4.79 Å². The number of ether oxygens (including phenoxy) is 1. The van der Waals surface area contributed by atoms with Gasteiger partial charge in [0.2, 0.25) is 0 Å². The van der Waals surface area contributed by atoms with Crippen molar-refractivity contribution in [1.82, 2.24) is 5.32 Å². The van der Waals surface area contributed by atoms with E-state index in [1.165, 1.54) is 0 Å². The summed E-state index contributed by atoms with van der Waals surface area (Å²) in [5.74, 6) is -0.302. The Labute approximate surface area is 202 Å². The molecule has 0 aliphatic rings. The first-order chi connectivity index (χ1) is 17.0. The minimum Gasteiger partial charge on any atom is -0.481 e. The minimum absolute atomic E-state index is 0.242. The maximum absolute atomic E-state index is 12.9. The first-order valence-corrected chi connectivity index (χ1v) is 11.0.